The first kappa shape index (κ1) is 13.5. The van der Waals surface area contributed by atoms with Gasteiger partial charge in [0.15, 0.2) is 0 Å². The Balaban J connectivity index is 2.02. The monoisotopic (exact) mass is 226 g/mol. The second-order valence-electron chi connectivity index (χ2n) is 5.99. The molecule has 0 saturated carbocycles. The summed E-state index contributed by atoms with van der Waals surface area (Å²) < 4.78 is 0. The van der Waals surface area contributed by atoms with E-state index in [1.165, 1.54) is 12.8 Å². The van der Waals surface area contributed by atoms with Gasteiger partial charge in [0.25, 0.3) is 0 Å². The van der Waals surface area contributed by atoms with Gasteiger partial charge in [0, 0.05) is 19.0 Å². The van der Waals surface area contributed by atoms with Crippen LogP contribution in [0.1, 0.15) is 52.9 Å². The number of rotatable bonds is 5. The highest BCUT2D eigenvalue weighted by Crippen LogP contribution is 2.17. The molecule has 1 rings (SSSR count). The number of hydrogen-bond donors (Lipinski definition) is 2. The average molecular weight is 226 g/mol. The van der Waals surface area contributed by atoms with Crippen molar-refractivity contribution in [1.29, 1.82) is 0 Å². The summed E-state index contributed by atoms with van der Waals surface area (Å²) in [7, 11) is 0. The predicted octanol–water partition coefficient (Wildman–Crippen LogP) is 2.07. The molecule has 1 atom stereocenters. The summed E-state index contributed by atoms with van der Waals surface area (Å²) in [5.41, 5.74) is 0.306. The second-order valence-corrected chi connectivity index (χ2v) is 5.99. The Labute approximate surface area is 99.4 Å². The van der Waals surface area contributed by atoms with E-state index in [1.807, 2.05) is 0 Å². The topological polar surface area (TPSA) is 41.1 Å². The minimum atomic E-state index is 0.206. The molecule has 16 heavy (non-hydrogen) atoms. The van der Waals surface area contributed by atoms with Crippen LogP contribution in [0.15, 0.2) is 0 Å². The molecule has 1 fully saturated rings. The number of nitrogens with one attached hydrogen (secondary N) is 2. The zero-order valence-electron chi connectivity index (χ0n) is 10.9. The van der Waals surface area contributed by atoms with Gasteiger partial charge in [-0.2, -0.15) is 0 Å². The summed E-state index contributed by atoms with van der Waals surface area (Å²) >= 11 is 0. The summed E-state index contributed by atoms with van der Waals surface area (Å²) in [6, 6.07) is 0.577. The van der Waals surface area contributed by atoms with Gasteiger partial charge in [-0.1, -0.05) is 20.8 Å². The fourth-order valence-corrected chi connectivity index (χ4v) is 1.97. The van der Waals surface area contributed by atoms with Crippen molar-refractivity contribution in [3.63, 3.8) is 0 Å². The maximum Gasteiger partial charge on any atom is 0.220 e. The first-order valence-corrected chi connectivity index (χ1v) is 6.47. The molecule has 1 saturated heterocycles. The predicted molar refractivity (Wildman–Crippen MR) is 67.3 cm³/mol. The fraction of sp³-hybridized carbons (Fsp3) is 0.923. The van der Waals surface area contributed by atoms with Gasteiger partial charge in [0.1, 0.15) is 0 Å². The average Bonchev–Trinajstić information content (AvgIpc) is 2.65. The molecule has 0 aromatic rings. The van der Waals surface area contributed by atoms with Crippen LogP contribution in [-0.4, -0.2) is 25.0 Å². The van der Waals surface area contributed by atoms with Crippen molar-refractivity contribution in [1.82, 2.24) is 10.6 Å². The third kappa shape index (κ3) is 6.11. The lowest BCUT2D eigenvalue weighted by Gasteiger charge is -2.18. The van der Waals surface area contributed by atoms with Gasteiger partial charge < -0.3 is 10.6 Å². The van der Waals surface area contributed by atoms with Gasteiger partial charge in [-0.05, 0) is 37.6 Å². The maximum absolute atomic E-state index is 11.5. The van der Waals surface area contributed by atoms with Gasteiger partial charge in [-0.15, -0.1) is 0 Å². The summed E-state index contributed by atoms with van der Waals surface area (Å²) in [6.45, 7) is 8.52. The maximum atomic E-state index is 11.5. The third-order valence-corrected chi connectivity index (χ3v) is 3.08. The molecule has 1 unspecified atom stereocenters. The minimum absolute atomic E-state index is 0.206. The van der Waals surface area contributed by atoms with Gasteiger partial charge in [-0.3, -0.25) is 4.79 Å². The van der Waals surface area contributed by atoms with Crippen molar-refractivity contribution in [2.24, 2.45) is 5.41 Å². The highest BCUT2D eigenvalue weighted by Gasteiger charge is 2.15. The van der Waals surface area contributed by atoms with Crippen molar-refractivity contribution >= 4 is 5.91 Å². The Morgan fingerprint density at radius 1 is 1.44 bits per heavy atom. The van der Waals surface area contributed by atoms with Crippen molar-refractivity contribution in [2.75, 3.05) is 13.1 Å². The van der Waals surface area contributed by atoms with Crippen LogP contribution in [0.25, 0.3) is 0 Å². The molecule has 3 heteroatoms. The quantitative estimate of drug-likeness (QED) is 0.753. The standard InChI is InChI=1S/C13H26N2O/c1-13(2,3)8-10-15-12(16)7-6-11-5-4-9-14-11/h11,14H,4-10H2,1-3H3,(H,15,16). The van der Waals surface area contributed by atoms with E-state index in [2.05, 4.69) is 31.4 Å². The first-order valence-electron chi connectivity index (χ1n) is 6.47. The number of amides is 1. The molecule has 3 nitrogen and oxygen atoms in total. The third-order valence-electron chi connectivity index (χ3n) is 3.08. The van der Waals surface area contributed by atoms with E-state index < -0.39 is 0 Å². The summed E-state index contributed by atoms with van der Waals surface area (Å²) in [4.78, 5) is 11.5. The van der Waals surface area contributed by atoms with Crippen LogP contribution >= 0.6 is 0 Å². The number of carbonyl (C=O) groups is 1. The van der Waals surface area contributed by atoms with Crippen molar-refractivity contribution in [3.05, 3.63) is 0 Å². The van der Waals surface area contributed by atoms with Crippen LogP contribution < -0.4 is 10.6 Å². The van der Waals surface area contributed by atoms with E-state index in [0.717, 1.165) is 25.9 Å². The lowest BCUT2D eigenvalue weighted by molar-refractivity contribution is -0.121. The van der Waals surface area contributed by atoms with Crippen LogP contribution in [0.4, 0.5) is 0 Å². The molecule has 0 aromatic heterocycles. The van der Waals surface area contributed by atoms with Crippen LogP contribution in [-0.2, 0) is 4.79 Å². The normalized spacial score (nSPS) is 21.1. The minimum Gasteiger partial charge on any atom is -0.356 e. The molecular formula is C13H26N2O. The lowest BCUT2D eigenvalue weighted by Crippen LogP contribution is -2.29. The lowest BCUT2D eigenvalue weighted by atomic mass is 9.92. The van der Waals surface area contributed by atoms with E-state index >= 15 is 0 Å². The Hall–Kier alpha value is -0.570. The Morgan fingerprint density at radius 2 is 2.19 bits per heavy atom. The molecule has 94 valence electrons. The molecule has 1 aliphatic rings. The molecule has 1 amide bonds. The van der Waals surface area contributed by atoms with Gasteiger partial charge in [-0.25, -0.2) is 0 Å². The Bertz CT molecular complexity index is 214. The summed E-state index contributed by atoms with van der Waals surface area (Å²) in [5, 5.41) is 6.41. The van der Waals surface area contributed by atoms with Gasteiger partial charge in [0.05, 0.1) is 0 Å². The van der Waals surface area contributed by atoms with Crippen molar-refractivity contribution in [3.8, 4) is 0 Å². The SMILES string of the molecule is CC(C)(C)CCNC(=O)CCC1CCCN1. The highest BCUT2D eigenvalue weighted by atomic mass is 16.1. The molecule has 0 aromatic carbocycles. The largest absolute Gasteiger partial charge is 0.356 e. The van der Waals surface area contributed by atoms with E-state index in [9.17, 15) is 4.79 Å². The van der Waals surface area contributed by atoms with Gasteiger partial charge >= 0.3 is 0 Å². The first-order chi connectivity index (χ1) is 7.47. The van der Waals surface area contributed by atoms with Crippen LogP contribution in [0.2, 0.25) is 0 Å². The van der Waals surface area contributed by atoms with Gasteiger partial charge in [0.2, 0.25) is 5.91 Å². The van der Waals surface area contributed by atoms with Crippen LogP contribution in [0.5, 0.6) is 0 Å². The molecule has 0 aliphatic carbocycles. The molecular weight excluding hydrogens is 200 g/mol. The number of carbonyl (C=O) groups excluding carboxylic acids is 1. The van der Waals surface area contributed by atoms with Crippen LogP contribution in [0, 0.1) is 5.41 Å². The van der Waals surface area contributed by atoms with E-state index in [1.54, 1.807) is 0 Å². The highest BCUT2D eigenvalue weighted by molar-refractivity contribution is 5.75. The molecule has 1 aliphatic heterocycles. The molecule has 1 heterocycles. The summed E-state index contributed by atoms with van der Waals surface area (Å²) in [6.07, 6.45) is 5.19. The van der Waals surface area contributed by atoms with Crippen LogP contribution in [0.3, 0.4) is 0 Å². The van der Waals surface area contributed by atoms with E-state index in [-0.39, 0.29) is 5.91 Å². The van der Waals surface area contributed by atoms with Crippen molar-refractivity contribution < 1.29 is 4.79 Å². The molecule has 0 spiro atoms. The smallest absolute Gasteiger partial charge is 0.220 e. The molecule has 0 radical (unpaired) electrons. The summed E-state index contributed by atoms with van der Waals surface area (Å²) in [5.74, 6) is 0.206. The Morgan fingerprint density at radius 3 is 2.75 bits per heavy atom. The van der Waals surface area contributed by atoms with Crippen molar-refractivity contribution in [2.45, 2.75) is 58.9 Å². The molecule has 0 bridgehead atoms. The second kappa shape index (κ2) is 6.24. The zero-order chi connectivity index (χ0) is 12.0. The molecule has 2 N–H and O–H groups in total. The van der Waals surface area contributed by atoms with E-state index in [0.29, 0.717) is 17.9 Å². The number of hydrogen-bond acceptors (Lipinski definition) is 2. The van der Waals surface area contributed by atoms with E-state index in [4.69, 9.17) is 0 Å². The zero-order valence-corrected chi connectivity index (χ0v) is 10.9. The Kier molecular flexibility index (Phi) is 5.26. The fourth-order valence-electron chi connectivity index (χ4n) is 1.97.